The Balaban J connectivity index is 1.86. The number of ether oxygens (including phenoxy) is 1. The van der Waals surface area contributed by atoms with Crippen LogP contribution in [0, 0.1) is 5.92 Å². The normalized spacial score (nSPS) is 23.3. The minimum Gasteiger partial charge on any atom is -0.463 e. The summed E-state index contributed by atoms with van der Waals surface area (Å²) >= 11 is 0. The van der Waals surface area contributed by atoms with Gasteiger partial charge in [0.2, 0.25) is 0 Å². The Morgan fingerprint density at radius 3 is 2.88 bits per heavy atom. The van der Waals surface area contributed by atoms with E-state index in [0.717, 1.165) is 6.42 Å². The molecule has 2 atom stereocenters. The highest BCUT2D eigenvalue weighted by Crippen LogP contribution is 2.48. The van der Waals surface area contributed by atoms with E-state index >= 15 is 0 Å². The second-order valence-electron chi connectivity index (χ2n) is 4.03. The molecule has 1 aromatic carbocycles. The van der Waals surface area contributed by atoms with Gasteiger partial charge in [0, 0.05) is 6.08 Å². The Hall–Kier alpha value is -1.57. The highest BCUT2D eigenvalue weighted by atomic mass is 16.5. The largest absolute Gasteiger partial charge is 0.463 e. The highest BCUT2D eigenvalue weighted by molar-refractivity contribution is 5.82. The fourth-order valence-corrected chi connectivity index (χ4v) is 1.90. The fourth-order valence-electron chi connectivity index (χ4n) is 1.90. The molecule has 2 rings (SSSR count). The Morgan fingerprint density at radius 2 is 2.19 bits per heavy atom. The Labute approximate surface area is 95.9 Å². The molecule has 2 nitrogen and oxygen atoms in total. The summed E-state index contributed by atoms with van der Waals surface area (Å²) in [7, 11) is 0. The molecule has 1 saturated carbocycles. The number of benzene rings is 1. The van der Waals surface area contributed by atoms with Gasteiger partial charge in [0.25, 0.3) is 0 Å². The molecule has 0 amide bonds. The van der Waals surface area contributed by atoms with Gasteiger partial charge in [-0.2, -0.15) is 0 Å². The van der Waals surface area contributed by atoms with Gasteiger partial charge in [-0.1, -0.05) is 36.4 Å². The zero-order valence-electron chi connectivity index (χ0n) is 9.43. The minimum atomic E-state index is -0.235. The van der Waals surface area contributed by atoms with Crippen molar-refractivity contribution >= 4 is 5.97 Å². The third kappa shape index (κ3) is 2.72. The van der Waals surface area contributed by atoms with Crippen LogP contribution in [0.15, 0.2) is 42.5 Å². The van der Waals surface area contributed by atoms with Crippen LogP contribution in [0.4, 0.5) is 0 Å². The molecule has 0 N–H and O–H groups in total. The van der Waals surface area contributed by atoms with Crippen LogP contribution in [0.25, 0.3) is 0 Å². The third-order valence-corrected chi connectivity index (χ3v) is 2.83. The molecule has 0 radical (unpaired) electrons. The smallest absolute Gasteiger partial charge is 0.330 e. The first-order valence-electron chi connectivity index (χ1n) is 5.71. The highest BCUT2D eigenvalue weighted by Gasteiger charge is 2.35. The zero-order valence-corrected chi connectivity index (χ0v) is 9.43. The molecular formula is C14H16O2. The SMILES string of the molecule is CCOC(=O)/C=C\[C@H]1C[C@H]1c1ccccc1. The molecule has 1 fully saturated rings. The third-order valence-electron chi connectivity index (χ3n) is 2.83. The van der Waals surface area contributed by atoms with Crippen LogP contribution in [0.1, 0.15) is 24.8 Å². The average Bonchev–Trinajstić information content (AvgIpc) is 3.07. The number of hydrogen-bond donors (Lipinski definition) is 0. The molecule has 1 aliphatic rings. The molecule has 0 unspecified atom stereocenters. The number of allylic oxidation sites excluding steroid dienone is 1. The molecule has 0 heterocycles. The molecule has 0 saturated heterocycles. The van der Waals surface area contributed by atoms with Crippen molar-refractivity contribution in [2.75, 3.05) is 6.61 Å². The minimum absolute atomic E-state index is 0.235. The fraction of sp³-hybridized carbons (Fsp3) is 0.357. The Morgan fingerprint density at radius 1 is 1.44 bits per heavy atom. The predicted molar refractivity (Wildman–Crippen MR) is 63.1 cm³/mol. The molecule has 1 aliphatic carbocycles. The van der Waals surface area contributed by atoms with Gasteiger partial charge in [0.05, 0.1) is 6.61 Å². The van der Waals surface area contributed by atoms with E-state index in [1.54, 1.807) is 6.08 Å². The van der Waals surface area contributed by atoms with Gasteiger partial charge in [0.15, 0.2) is 0 Å². The van der Waals surface area contributed by atoms with Crippen molar-refractivity contribution in [1.82, 2.24) is 0 Å². The van der Waals surface area contributed by atoms with E-state index in [1.807, 2.05) is 19.1 Å². The monoisotopic (exact) mass is 216 g/mol. The van der Waals surface area contributed by atoms with Crippen LogP contribution in [-0.2, 0) is 9.53 Å². The number of carbonyl (C=O) groups excluding carboxylic acids is 1. The van der Waals surface area contributed by atoms with E-state index in [9.17, 15) is 4.79 Å². The van der Waals surface area contributed by atoms with Crippen LogP contribution in [0.2, 0.25) is 0 Å². The predicted octanol–water partition coefficient (Wildman–Crippen LogP) is 2.91. The van der Waals surface area contributed by atoms with E-state index in [0.29, 0.717) is 18.4 Å². The van der Waals surface area contributed by atoms with E-state index in [2.05, 4.69) is 24.3 Å². The van der Waals surface area contributed by atoms with Crippen LogP contribution >= 0.6 is 0 Å². The molecular weight excluding hydrogens is 200 g/mol. The van der Waals surface area contributed by atoms with E-state index in [1.165, 1.54) is 5.56 Å². The van der Waals surface area contributed by atoms with Crippen molar-refractivity contribution in [3.05, 3.63) is 48.0 Å². The number of esters is 1. The van der Waals surface area contributed by atoms with E-state index in [-0.39, 0.29) is 5.97 Å². The lowest BCUT2D eigenvalue weighted by atomic mass is 10.1. The van der Waals surface area contributed by atoms with Crippen LogP contribution in [0.5, 0.6) is 0 Å². The molecule has 0 aromatic heterocycles. The second-order valence-corrected chi connectivity index (χ2v) is 4.03. The summed E-state index contributed by atoms with van der Waals surface area (Å²) in [5, 5.41) is 0. The van der Waals surface area contributed by atoms with Crippen molar-refractivity contribution in [3.8, 4) is 0 Å². The van der Waals surface area contributed by atoms with Gasteiger partial charge in [-0.3, -0.25) is 0 Å². The number of hydrogen-bond acceptors (Lipinski definition) is 2. The summed E-state index contributed by atoms with van der Waals surface area (Å²) in [4.78, 5) is 11.1. The number of rotatable bonds is 4. The maximum absolute atomic E-state index is 11.1. The van der Waals surface area contributed by atoms with Crippen LogP contribution in [0.3, 0.4) is 0 Å². The van der Waals surface area contributed by atoms with Gasteiger partial charge in [0.1, 0.15) is 0 Å². The molecule has 0 bridgehead atoms. The summed E-state index contributed by atoms with van der Waals surface area (Å²) in [5.41, 5.74) is 1.36. The molecule has 16 heavy (non-hydrogen) atoms. The van der Waals surface area contributed by atoms with Gasteiger partial charge < -0.3 is 4.74 Å². The second kappa shape index (κ2) is 4.97. The Kier molecular flexibility index (Phi) is 3.40. The van der Waals surface area contributed by atoms with Gasteiger partial charge >= 0.3 is 5.97 Å². The molecule has 84 valence electrons. The number of carbonyl (C=O) groups is 1. The summed E-state index contributed by atoms with van der Waals surface area (Å²) < 4.78 is 4.84. The summed E-state index contributed by atoms with van der Waals surface area (Å²) in [6.07, 6.45) is 4.66. The van der Waals surface area contributed by atoms with Crippen molar-refractivity contribution in [1.29, 1.82) is 0 Å². The quantitative estimate of drug-likeness (QED) is 0.571. The lowest BCUT2D eigenvalue weighted by Gasteiger charge is -1.96. The molecule has 1 aromatic rings. The van der Waals surface area contributed by atoms with Crippen LogP contribution < -0.4 is 0 Å². The standard InChI is InChI=1S/C14H16O2/c1-2-16-14(15)9-8-12-10-13(12)11-6-4-3-5-7-11/h3-9,12-13H,2,10H2,1H3/b9-8-/t12-,13-/m0/s1. The molecule has 2 heteroatoms. The van der Waals surface area contributed by atoms with E-state index < -0.39 is 0 Å². The summed E-state index contributed by atoms with van der Waals surface area (Å²) in [6.45, 7) is 2.26. The molecule has 0 spiro atoms. The van der Waals surface area contributed by atoms with Gasteiger partial charge in [-0.05, 0) is 30.7 Å². The van der Waals surface area contributed by atoms with E-state index in [4.69, 9.17) is 4.74 Å². The zero-order chi connectivity index (χ0) is 11.4. The van der Waals surface area contributed by atoms with Crippen molar-refractivity contribution in [2.24, 2.45) is 5.92 Å². The Bertz CT molecular complexity index is 381. The van der Waals surface area contributed by atoms with Gasteiger partial charge in [-0.15, -0.1) is 0 Å². The summed E-state index contributed by atoms with van der Waals surface area (Å²) in [5.74, 6) is 0.861. The first-order chi connectivity index (χ1) is 7.81. The van der Waals surface area contributed by atoms with Crippen LogP contribution in [-0.4, -0.2) is 12.6 Å². The maximum atomic E-state index is 11.1. The van der Waals surface area contributed by atoms with Crippen molar-refractivity contribution in [2.45, 2.75) is 19.3 Å². The van der Waals surface area contributed by atoms with Crippen molar-refractivity contribution in [3.63, 3.8) is 0 Å². The topological polar surface area (TPSA) is 26.3 Å². The average molecular weight is 216 g/mol. The van der Waals surface area contributed by atoms with Crippen molar-refractivity contribution < 1.29 is 9.53 Å². The lowest BCUT2D eigenvalue weighted by Crippen LogP contribution is -1.98. The summed E-state index contributed by atoms with van der Waals surface area (Å²) in [6, 6.07) is 10.4. The first-order valence-corrected chi connectivity index (χ1v) is 5.71. The maximum Gasteiger partial charge on any atom is 0.330 e. The first kappa shape index (κ1) is 10.9. The molecule has 0 aliphatic heterocycles. The van der Waals surface area contributed by atoms with Gasteiger partial charge in [-0.25, -0.2) is 4.79 Å². The lowest BCUT2D eigenvalue weighted by molar-refractivity contribution is -0.137.